The van der Waals surface area contributed by atoms with Gasteiger partial charge in [0.1, 0.15) is 0 Å². The second-order valence-corrected chi connectivity index (χ2v) is 3.26. The molecule has 13 heavy (non-hydrogen) atoms. The van der Waals surface area contributed by atoms with E-state index in [1.54, 1.807) is 0 Å². The number of aliphatic imine (C=N–C) groups is 2. The van der Waals surface area contributed by atoms with Gasteiger partial charge in [0.05, 0.1) is 5.69 Å². The van der Waals surface area contributed by atoms with Crippen molar-refractivity contribution in [1.29, 1.82) is 0 Å². The van der Waals surface area contributed by atoms with Gasteiger partial charge in [-0.15, -0.1) is 0 Å². The molecule has 62 valence electrons. The van der Waals surface area contributed by atoms with Crippen molar-refractivity contribution in [2.45, 2.75) is 6.92 Å². The lowest BCUT2D eigenvalue weighted by Gasteiger charge is -1.95. The summed E-state index contributed by atoms with van der Waals surface area (Å²) in [5.74, 6) is 0.874. The number of hydrogen-bond donors (Lipinski definition) is 0. The Balaban J connectivity index is 2.27. The molecule has 0 amide bonds. The highest BCUT2D eigenvalue weighted by atomic mass is 15.0. The van der Waals surface area contributed by atoms with Crippen LogP contribution in [0.2, 0.25) is 0 Å². The third-order valence-corrected chi connectivity index (χ3v) is 2.30. The molecule has 0 saturated carbocycles. The average Bonchev–Trinajstić information content (AvgIpc) is 2.60. The molecule has 0 spiro atoms. The van der Waals surface area contributed by atoms with Crippen LogP contribution in [0, 0.1) is 0 Å². The van der Waals surface area contributed by atoms with Crippen molar-refractivity contribution in [3.8, 4) is 0 Å². The van der Waals surface area contributed by atoms with Crippen molar-refractivity contribution < 1.29 is 0 Å². The van der Waals surface area contributed by atoms with E-state index in [4.69, 9.17) is 0 Å². The second-order valence-electron chi connectivity index (χ2n) is 3.26. The molecular weight excluding hydrogens is 160 g/mol. The Morgan fingerprint density at radius 1 is 1.08 bits per heavy atom. The SMILES string of the molecule is CC1=NC2=Nc3ccccc3C2=C1. The van der Waals surface area contributed by atoms with Gasteiger partial charge in [0.2, 0.25) is 0 Å². The molecule has 0 aromatic heterocycles. The van der Waals surface area contributed by atoms with Gasteiger partial charge >= 0.3 is 0 Å². The molecule has 2 heterocycles. The summed E-state index contributed by atoms with van der Waals surface area (Å²) < 4.78 is 0. The highest BCUT2D eigenvalue weighted by Crippen LogP contribution is 2.36. The largest absolute Gasteiger partial charge is 0.233 e. The minimum atomic E-state index is 0.874. The van der Waals surface area contributed by atoms with E-state index in [0.717, 1.165) is 17.2 Å². The summed E-state index contributed by atoms with van der Waals surface area (Å²) >= 11 is 0. The minimum Gasteiger partial charge on any atom is -0.233 e. The standard InChI is InChI=1S/C11H8N2/c1-7-6-9-8-4-2-3-5-10(8)13-11(9)12-7/h2-6H,1H3. The van der Waals surface area contributed by atoms with E-state index in [0.29, 0.717) is 0 Å². The first-order valence-electron chi connectivity index (χ1n) is 4.30. The van der Waals surface area contributed by atoms with Crippen LogP contribution in [0.1, 0.15) is 12.5 Å². The maximum atomic E-state index is 4.42. The number of benzene rings is 1. The second kappa shape index (κ2) is 2.16. The van der Waals surface area contributed by atoms with E-state index < -0.39 is 0 Å². The van der Waals surface area contributed by atoms with Gasteiger partial charge in [0.15, 0.2) is 5.84 Å². The van der Waals surface area contributed by atoms with Crippen LogP contribution in [0.15, 0.2) is 40.3 Å². The van der Waals surface area contributed by atoms with Gasteiger partial charge in [-0.1, -0.05) is 18.2 Å². The van der Waals surface area contributed by atoms with E-state index in [2.05, 4.69) is 22.1 Å². The zero-order chi connectivity index (χ0) is 8.84. The van der Waals surface area contributed by atoms with E-state index in [1.807, 2.05) is 25.1 Å². The first-order chi connectivity index (χ1) is 6.34. The van der Waals surface area contributed by atoms with Crippen molar-refractivity contribution in [3.63, 3.8) is 0 Å². The Kier molecular flexibility index (Phi) is 1.13. The maximum Gasteiger partial charge on any atom is 0.160 e. The molecule has 0 saturated heterocycles. The third-order valence-electron chi connectivity index (χ3n) is 2.30. The first kappa shape index (κ1) is 6.78. The fourth-order valence-electron chi connectivity index (χ4n) is 1.73. The molecule has 2 aliphatic rings. The molecule has 3 rings (SSSR count). The van der Waals surface area contributed by atoms with Gasteiger partial charge < -0.3 is 0 Å². The Morgan fingerprint density at radius 3 is 2.85 bits per heavy atom. The minimum absolute atomic E-state index is 0.874. The summed E-state index contributed by atoms with van der Waals surface area (Å²) in [6, 6.07) is 8.14. The number of allylic oxidation sites excluding steroid dienone is 1. The Morgan fingerprint density at radius 2 is 1.92 bits per heavy atom. The maximum absolute atomic E-state index is 4.42. The number of para-hydroxylation sites is 1. The molecule has 2 aliphatic heterocycles. The molecule has 0 atom stereocenters. The molecule has 0 N–H and O–H groups in total. The molecule has 0 fully saturated rings. The molecule has 0 bridgehead atoms. The number of nitrogens with zero attached hydrogens (tertiary/aromatic N) is 2. The van der Waals surface area contributed by atoms with Gasteiger partial charge in [-0.05, 0) is 19.1 Å². The monoisotopic (exact) mass is 168 g/mol. The van der Waals surface area contributed by atoms with Crippen molar-refractivity contribution in [2.75, 3.05) is 0 Å². The summed E-state index contributed by atoms with van der Waals surface area (Å²) in [5.41, 5.74) is 4.47. The van der Waals surface area contributed by atoms with Gasteiger partial charge in [-0.3, -0.25) is 0 Å². The van der Waals surface area contributed by atoms with Crippen LogP contribution >= 0.6 is 0 Å². The lowest BCUT2D eigenvalue weighted by atomic mass is 10.1. The van der Waals surface area contributed by atoms with Gasteiger partial charge in [-0.2, -0.15) is 0 Å². The zero-order valence-electron chi connectivity index (χ0n) is 7.28. The Bertz CT molecular complexity index is 479. The molecule has 0 radical (unpaired) electrons. The normalized spacial score (nSPS) is 17.5. The lowest BCUT2D eigenvalue weighted by Crippen LogP contribution is -1.85. The quantitative estimate of drug-likeness (QED) is 0.568. The van der Waals surface area contributed by atoms with Gasteiger partial charge in [0.25, 0.3) is 0 Å². The lowest BCUT2D eigenvalue weighted by molar-refractivity contribution is 1.52. The Hall–Kier alpha value is -1.70. The topological polar surface area (TPSA) is 24.7 Å². The zero-order valence-corrected chi connectivity index (χ0v) is 7.28. The highest BCUT2D eigenvalue weighted by Gasteiger charge is 2.23. The summed E-state index contributed by atoms with van der Waals surface area (Å²) in [6.07, 6.45) is 2.09. The van der Waals surface area contributed by atoms with Gasteiger partial charge in [0, 0.05) is 16.8 Å². The van der Waals surface area contributed by atoms with E-state index in [1.165, 1.54) is 11.1 Å². The fourth-order valence-corrected chi connectivity index (χ4v) is 1.73. The van der Waals surface area contributed by atoms with Crippen LogP contribution in [0.25, 0.3) is 5.57 Å². The summed E-state index contributed by atoms with van der Waals surface area (Å²) in [7, 11) is 0. The van der Waals surface area contributed by atoms with Gasteiger partial charge in [-0.25, -0.2) is 9.98 Å². The molecule has 0 aliphatic carbocycles. The average molecular weight is 168 g/mol. The van der Waals surface area contributed by atoms with Crippen LogP contribution in [0.5, 0.6) is 0 Å². The van der Waals surface area contributed by atoms with Crippen molar-refractivity contribution in [3.05, 3.63) is 35.9 Å². The summed E-state index contributed by atoms with van der Waals surface area (Å²) in [6.45, 7) is 2.00. The molecule has 2 heteroatoms. The molecule has 2 nitrogen and oxygen atoms in total. The fraction of sp³-hybridized carbons (Fsp3) is 0.0909. The smallest absolute Gasteiger partial charge is 0.160 e. The third kappa shape index (κ3) is 0.827. The number of fused-ring (bicyclic) bond motifs is 3. The highest BCUT2D eigenvalue weighted by molar-refractivity contribution is 6.37. The van der Waals surface area contributed by atoms with Crippen molar-refractivity contribution >= 4 is 22.8 Å². The molecule has 1 aromatic rings. The predicted octanol–water partition coefficient (Wildman–Crippen LogP) is 2.59. The van der Waals surface area contributed by atoms with E-state index in [9.17, 15) is 0 Å². The number of rotatable bonds is 0. The van der Waals surface area contributed by atoms with E-state index >= 15 is 0 Å². The molecular formula is C11H8N2. The van der Waals surface area contributed by atoms with Crippen molar-refractivity contribution in [1.82, 2.24) is 0 Å². The summed E-state index contributed by atoms with van der Waals surface area (Å²) in [4.78, 5) is 8.76. The number of amidine groups is 1. The van der Waals surface area contributed by atoms with Crippen molar-refractivity contribution in [2.24, 2.45) is 9.98 Å². The predicted molar refractivity (Wildman–Crippen MR) is 54.6 cm³/mol. The van der Waals surface area contributed by atoms with Crippen LogP contribution in [-0.2, 0) is 0 Å². The van der Waals surface area contributed by atoms with Crippen LogP contribution in [-0.4, -0.2) is 11.5 Å². The first-order valence-corrected chi connectivity index (χ1v) is 4.30. The summed E-state index contributed by atoms with van der Waals surface area (Å²) in [5, 5.41) is 0. The Labute approximate surface area is 76.3 Å². The van der Waals surface area contributed by atoms with Crippen LogP contribution in [0.3, 0.4) is 0 Å². The molecule has 1 aromatic carbocycles. The molecule has 0 unspecified atom stereocenters. The number of hydrogen-bond acceptors (Lipinski definition) is 2. The van der Waals surface area contributed by atoms with Crippen LogP contribution in [0.4, 0.5) is 5.69 Å². The van der Waals surface area contributed by atoms with E-state index in [-0.39, 0.29) is 0 Å². The van der Waals surface area contributed by atoms with Crippen LogP contribution < -0.4 is 0 Å².